The Hall–Kier alpha value is -1.51. The first kappa shape index (κ1) is 17.3. The number of carbonyl (C=O) groups is 1. The van der Waals surface area contributed by atoms with Crippen LogP contribution in [0.1, 0.15) is 18.5 Å². The van der Waals surface area contributed by atoms with E-state index in [0.29, 0.717) is 32.5 Å². The molecule has 0 radical (unpaired) electrons. The second-order valence-electron chi connectivity index (χ2n) is 6.43. The van der Waals surface area contributed by atoms with Gasteiger partial charge in [0, 0.05) is 37.9 Å². The summed E-state index contributed by atoms with van der Waals surface area (Å²) in [5, 5.41) is 2.89. The molecule has 0 aromatic carbocycles. The second kappa shape index (κ2) is 7.16. The van der Waals surface area contributed by atoms with E-state index in [9.17, 15) is 13.2 Å². The summed E-state index contributed by atoms with van der Waals surface area (Å²) in [6.45, 7) is 1.37. The molecule has 0 aliphatic carbocycles. The molecular formula is C16H23N3O4S. The smallest absolute Gasteiger partial charge is 0.249 e. The number of hydrogen-bond donors (Lipinski definition) is 1. The highest BCUT2D eigenvalue weighted by Crippen LogP contribution is 2.33. The summed E-state index contributed by atoms with van der Waals surface area (Å²) in [7, 11) is -3.20. The lowest BCUT2D eigenvalue weighted by atomic mass is 9.93. The Labute approximate surface area is 142 Å². The van der Waals surface area contributed by atoms with Crippen LogP contribution in [0.25, 0.3) is 0 Å². The summed E-state index contributed by atoms with van der Waals surface area (Å²) in [4.78, 5) is 16.5. The number of hydrogen-bond acceptors (Lipinski definition) is 5. The van der Waals surface area contributed by atoms with Crippen molar-refractivity contribution in [3.05, 3.63) is 30.1 Å². The van der Waals surface area contributed by atoms with E-state index in [1.807, 2.05) is 18.2 Å². The third-order valence-electron chi connectivity index (χ3n) is 4.68. The van der Waals surface area contributed by atoms with E-state index in [4.69, 9.17) is 4.74 Å². The Balaban J connectivity index is 1.48. The molecule has 8 heteroatoms. The van der Waals surface area contributed by atoms with Crippen LogP contribution in [-0.2, 0) is 26.0 Å². The largest absolute Gasteiger partial charge is 0.363 e. The summed E-state index contributed by atoms with van der Waals surface area (Å²) in [6.07, 6.45) is 4.36. The van der Waals surface area contributed by atoms with Gasteiger partial charge in [-0.2, -0.15) is 4.31 Å². The molecule has 0 saturated carbocycles. The van der Waals surface area contributed by atoms with Gasteiger partial charge in [-0.25, -0.2) is 8.42 Å². The average Bonchev–Trinajstić information content (AvgIpc) is 2.98. The van der Waals surface area contributed by atoms with Gasteiger partial charge in [0.2, 0.25) is 15.9 Å². The van der Waals surface area contributed by atoms with Crippen LogP contribution >= 0.6 is 0 Å². The minimum atomic E-state index is -3.20. The van der Waals surface area contributed by atoms with E-state index in [-0.39, 0.29) is 17.9 Å². The minimum Gasteiger partial charge on any atom is -0.363 e. The predicted molar refractivity (Wildman–Crippen MR) is 88.8 cm³/mol. The van der Waals surface area contributed by atoms with Crippen LogP contribution in [0.4, 0.5) is 0 Å². The molecule has 24 heavy (non-hydrogen) atoms. The van der Waals surface area contributed by atoms with Gasteiger partial charge in [0.05, 0.1) is 12.4 Å². The van der Waals surface area contributed by atoms with Crippen molar-refractivity contribution in [1.29, 1.82) is 0 Å². The fourth-order valence-corrected chi connectivity index (χ4v) is 4.20. The molecule has 2 aliphatic heterocycles. The third-order valence-corrected chi connectivity index (χ3v) is 5.95. The number of nitrogens with one attached hydrogen (secondary N) is 1. The number of aromatic nitrogens is 1. The van der Waals surface area contributed by atoms with Crippen molar-refractivity contribution in [2.24, 2.45) is 5.92 Å². The monoisotopic (exact) mass is 353 g/mol. The molecule has 2 fully saturated rings. The summed E-state index contributed by atoms with van der Waals surface area (Å²) in [5.41, 5.74) is 0.933. The fraction of sp³-hybridized carbons (Fsp3) is 0.625. The number of carbonyl (C=O) groups excluding carboxylic acids is 1. The van der Waals surface area contributed by atoms with Crippen LogP contribution in [0, 0.1) is 5.92 Å². The van der Waals surface area contributed by atoms with Crippen molar-refractivity contribution in [2.45, 2.75) is 31.5 Å². The van der Waals surface area contributed by atoms with E-state index < -0.39 is 16.1 Å². The molecule has 0 spiro atoms. The number of piperidine rings is 1. The minimum absolute atomic E-state index is 0.119. The predicted octanol–water partition coefficient (Wildman–Crippen LogP) is 0.179. The standard InChI is InChI=1S/C16H23N3O4S/c1-24(21,22)19-9-6-12-10-14(23-15(12)11-19)16(20)18-8-5-13-4-2-3-7-17-13/h2-4,7,12,14-15H,5-6,8-11H2,1H3,(H,18,20)/t12-,14+,15+/m1/s1. The molecule has 1 aromatic rings. The zero-order valence-corrected chi connectivity index (χ0v) is 14.5. The SMILES string of the molecule is CS(=O)(=O)N1CC[C@@H]2C[C@@H](C(=O)NCCc3ccccn3)O[C@H]2C1. The molecule has 0 bridgehead atoms. The van der Waals surface area contributed by atoms with Crippen LogP contribution in [0.2, 0.25) is 0 Å². The van der Waals surface area contributed by atoms with E-state index in [1.165, 1.54) is 10.6 Å². The molecule has 132 valence electrons. The molecule has 3 heterocycles. The molecule has 1 aromatic heterocycles. The first-order chi connectivity index (χ1) is 11.4. The van der Waals surface area contributed by atoms with Crippen molar-refractivity contribution >= 4 is 15.9 Å². The van der Waals surface area contributed by atoms with Crippen LogP contribution in [-0.4, -0.2) is 61.7 Å². The maximum atomic E-state index is 12.3. The van der Waals surface area contributed by atoms with Crippen LogP contribution in [0.15, 0.2) is 24.4 Å². The Morgan fingerprint density at radius 1 is 1.46 bits per heavy atom. The van der Waals surface area contributed by atoms with E-state index in [0.717, 1.165) is 12.1 Å². The lowest BCUT2D eigenvalue weighted by Gasteiger charge is -2.32. The zero-order chi connectivity index (χ0) is 17.2. The van der Waals surface area contributed by atoms with Crippen molar-refractivity contribution < 1.29 is 17.9 Å². The maximum Gasteiger partial charge on any atom is 0.249 e. The molecule has 0 unspecified atom stereocenters. The highest BCUT2D eigenvalue weighted by atomic mass is 32.2. The second-order valence-corrected chi connectivity index (χ2v) is 8.41. The molecule has 2 aliphatic rings. The Bertz CT molecular complexity index is 680. The van der Waals surface area contributed by atoms with E-state index >= 15 is 0 Å². The van der Waals surface area contributed by atoms with Crippen LogP contribution in [0.3, 0.4) is 0 Å². The van der Waals surface area contributed by atoms with Crippen molar-refractivity contribution in [3.63, 3.8) is 0 Å². The summed E-state index contributed by atoms with van der Waals surface area (Å²) >= 11 is 0. The molecule has 7 nitrogen and oxygen atoms in total. The number of sulfonamides is 1. The van der Waals surface area contributed by atoms with Gasteiger partial charge in [-0.05, 0) is 30.9 Å². The molecule has 3 atom stereocenters. The van der Waals surface area contributed by atoms with Gasteiger partial charge in [0.1, 0.15) is 6.10 Å². The lowest BCUT2D eigenvalue weighted by molar-refractivity contribution is -0.132. The van der Waals surface area contributed by atoms with Gasteiger partial charge in [0.15, 0.2) is 0 Å². The van der Waals surface area contributed by atoms with Crippen molar-refractivity contribution in [1.82, 2.24) is 14.6 Å². The van der Waals surface area contributed by atoms with Gasteiger partial charge in [-0.1, -0.05) is 6.07 Å². The summed E-state index contributed by atoms with van der Waals surface area (Å²) in [5.74, 6) is 0.140. The first-order valence-electron chi connectivity index (χ1n) is 8.21. The lowest BCUT2D eigenvalue weighted by Crippen LogP contribution is -2.45. The van der Waals surface area contributed by atoms with Gasteiger partial charge < -0.3 is 10.1 Å². The Morgan fingerprint density at radius 3 is 3.00 bits per heavy atom. The zero-order valence-electron chi connectivity index (χ0n) is 13.7. The maximum absolute atomic E-state index is 12.3. The molecule has 1 N–H and O–H groups in total. The average molecular weight is 353 g/mol. The highest BCUT2D eigenvalue weighted by molar-refractivity contribution is 7.88. The van der Waals surface area contributed by atoms with Gasteiger partial charge >= 0.3 is 0 Å². The molecular weight excluding hydrogens is 330 g/mol. The number of ether oxygens (including phenoxy) is 1. The summed E-state index contributed by atoms with van der Waals surface area (Å²) < 4.78 is 30.6. The number of amides is 1. The summed E-state index contributed by atoms with van der Waals surface area (Å²) in [6, 6.07) is 5.70. The normalized spacial score (nSPS) is 27.6. The van der Waals surface area contributed by atoms with E-state index in [2.05, 4.69) is 10.3 Å². The van der Waals surface area contributed by atoms with Crippen molar-refractivity contribution in [2.75, 3.05) is 25.9 Å². The number of fused-ring (bicyclic) bond motifs is 1. The number of rotatable bonds is 5. The van der Waals surface area contributed by atoms with Crippen LogP contribution in [0.5, 0.6) is 0 Å². The molecule has 3 rings (SSSR count). The topological polar surface area (TPSA) is 88.6 Å². The van der Waals surface area contributed by atoms with Gasteiger partial charge in [-0.15, -0.1) is 0 Å². The third kappa shape index (κ3) is 4.12. The Kier molecular flexibility index (Phi) is 5.17. The van der Waals surface area contributed by atoms with E-state index in [1.54, 1.807) is 6.20 Å². The molecule has 2 saturated heterocycles. The van der Waals surface area contributed by atoms with Crippen LogP contribution < -0.4 is 5.32 Å². The van der Waals surface area contributed by atoms with Crippen molar-refractivity contribution in [3.8, 4) is 0 Å². The number of nitrogens with zero attached hydrogens (tertiary/aromatic N) is 2. The fourth-order valence-electron chi connectivity index (χ4n) is 3.35. The van der Waals surface area contributed by atoms with Gasteiger partial charge in [-0.3, -0.25) is 9.78 Å². The van der Waals surface area contributed by atoms with Gasteiger partial charge in [0.25, 0.3) is 0 Å². The number of pyridine rings is 1. The Morgan fingerprint density at radius 2 is 2.29 bits per heavy atom. The first-order valence-corrected chi connectivity index (χ1v) is 10.1. The molecule has 1 amide bonds. The highest BCUT2D eigenvalue weighted by Gasteiger charge is 2.43. The quantitative estimate of drug-likeness (QED) is 0.816.